The second kappa shape index (κ2) is 6.43. The molecular weight excluding hydrogens is 331 g/mol. The van der Waals surface area contributed by atoms with Crippen LogP contribution in [0.2, 0.25) is 0 Å². The summed E-state index contributed by atoms with van der Waals surface area (Å²) in [7, 11) is 0. The Balaban J connectivity index is 1.96. The van der Waals surface area contributed by atoms with Crippen LogP contribution < -0.4 is 10.6 Å². The van der Waals surface area contributed by atoms with E-state index in [4.69, 9.17) is 5.73 Å². The van der Waals surface area contributed by atoms with Crippen LogP contribution in [0.4, 0.5) is 23.7 Å². The number of carbonyl (C=O) groups excluding carboxylic acids is 1. The summed E-state index contributed by atoms with van der Waals surface area (Å²) in [5, 5.41) is 1.61. The summed E-state index contributed by atoms with van der Waals surface area (Å²) in [6.07, 6.45) is -1.14. The Hall–Kier alpha value is -3.09. The quantitative estimate of drug-likeness (QED) is 0.768. The number of benzene rings is 2. The van der Waals surface area contributed by atoms with Crippen LogP contribution >= 0.6 is 0 Å². The molecule has 3 rings (SSSR count). The normalized spacial score (nSPS) is 11.5. The summed E-state index contributed by atoms with van der Waals surface area (Å²) >= 11 is 0. The van der Waals surface area contributed by atoms with Crippen LogP contribution in [0.15, 0.2) is 60.9 Å². The Morgan fingerprint density at radius 2 is 1.80 bits per heavy atom. The Morgan fingerprint density at radius 1 is 1.08 bits per heavy atom. The lowest BCUT2D eigenvalue weighted by Gasteiger charge is -2.22. The number of nitrogens with zero attached hydrogens (tertiary/aromatic N) is 2. The molecule has 1 heterocycles. The highest BCUT2D eigenvalue weighted by Crippen LogP contribution is 2.30. The van der Waals surface area contributed by atoms with E-state index < -0.39 is 17.8 Å². The Labute approximate surface area is 141 Å². The van der Waals surface area contributed by atoms with E-state index in [1.165, 1.54) is 17.0 Å². The molecular formula is C18H14F3N3O. The SMILES string of the molecule is NC(=O)N(Cc1ccc(C(F)(F)F)cc1)c1cccc2cnccc12. The summed E-state index contributed by atoms with van der Waals surface area (Å²) in [5.41, 5.74) is 5.88. The fourth-order valence-electron chi connectivity index (χ4n) is 2.60. The number of fused-ring (bicyclic) bond motifs is 1. The highest BCUT2D eigenvalue weighted by Gasteiger charge is 2.30. The molecule has 25 heavy (non-hydrogen) atoms. The fraction of sp³-hybridized carbons (Fsp3) is 0.111. The summed E-state index contributed by atoms with van der Waals surface area (Å²) in [6.45, 7) is 0.0644. The second-order valence-electron chi connectivity index (χ2n) is 5.49. The molecule has 7 heteroatoms. The van der Waals surface area contributed by atoms with Gasteiger partial charge in [-0.2, -0.15) is 13.2 Å². The first-order valence-corrected chi connectivity index (χ1v) is 7.42. The number of hydrogen-bond acceptors (Lipinski definition) is 2. The van der Waals surface area contributed by atoms with Crippen molar-refractivity contribution < 1.29 is 18.0 Å². The Kier molecular flexibility index (Phi) is 4.31. The van der Waals surface area contributed by atoms with Gasteiger partial charge in [0.05, 0.1) is 17.8 Å². The van der Waals surface area contributed by atoms with Crippen LogP contribution in [0.1, 0.15) is 11.1 Å². The van der Waals surface area contributed by atoms with Gasteiger partial charge in [-0.25, -0.2) is 4.79 Å². The lowest BCUT2D eigenvalue weighted by molar-refractivity contribution is -0.137. The zero-order chi connectivity index (χ0) is 18.0. The van der Waals surface area contributed by atoms with E-state index in [2.05, 4.69) is 4.98 Å². The average Bonchev–Trinajstić information content (AvgIpc) is 2.59. The molecule has 0 atom stereocenters. The van der Waals surface area contributed by atoms with Crippen LogP contribution in [0.5, 0.6) is 0 Å². The standard InChI is InChI=1S/C18H14F3N3O/c19-18(20,21)14-6-4-12(5-7-14)11-24(17(22)25)16-3-1-2-13-10-23-9-8-15(13)16/h1-10H,11H2,(H2,22,25). The van der Waals surface area contributed by atoms with Crippen LogP contribution in [0.3, 0.4) is 0 Å². The molecule has 2 N–H and O–H groups in total. The van der Waals surface area contributed by atoms with Crippen molar-refractivity contribution in [1.82, 2.24) is 4.98 Å². The molecule has 1 aromatic heterocycles. The van der Waals surface area contributed by atoms with Crippen molar-refractivity contribution in [3.05, 3.63) is 72.1 Å². The predicted octanol–water partition coefficient (Wildman–Crippen LogP) is 4.34. The number of alkyl halides is 3. The molecule has 0 radical (unpaired) electrons. The lowest BCUT2D eigenvalue weighted by atomic mass is 10.1. The van der Waals surface area contributed by atoms with E-state index in [0.717, 1.165) is 22.9 Å². The van der Waals surface area contributed by atoms with Crippen LogP contribution in [0, 0.1) is 0 Å². The first kappa shape index (κ1) is 16.8. The number of hydrogen-bond donors (Lipinski definition) is 1. The minimum Gasteiger partial charge on any atom is -0.351 e. The third-order valence-corrected chi connectivity index (χ3v) is 3.84. The van der Waals surface area contributed by atoms with Crippen LogP contribution in [0.25, 0.3) is 10.8 Å². The minimum absolute atomic E-state index is 0.0644. The van der Waals surface area contributed by atoms with Gasteiger partial charge in [-0.15, -0.1) is 0 Å². The number of aromatic nitrogens is 1. The maximum absolute atomic E-state index is 12.7. The summed E-state index contributed by atoms with van der Waals surface area (Å²) in [5.74, 6) is 0. The monoisotopic (exact) mass is 345 g/mol. The zero-order valence-corrected chi connectivity index (χ0v) is 13.0. The lowest BCUT2D eigenvalue weighted by Crippen LogP contribution is -2.35. The molecule has 0 saturated heterocycles. The van der Waals surface area contributed by atoms with Gasteiger partial charge < -0.3 is 5.73 Å². The molecule has 128 valence electrons. The minimum atomic E-state index is -4.40. The fourth-order valence-corrected chi connectivity index (χ4v) is 2.60. The number of primary amides is 1. The molecule has 0 bridgehead atoms. The van der Waals surface area contributed by atoms with Gasteiger partial charge in [-0.1, -0.05) is 24.3 Å². The van der Waals surface area contributed by atoms with E-state index in [-0.39, 0.29) is 6.54 Å². The molecule has 0 saturated carbocycles. The topological polar surface area (TPSA) is 59.2 Å². The third kappa shape index (κ3) is 3.55. The number of halogens is 3. The predicted molar refractivity (Wildman–Crippen MR) is 89.0 cm³/mol. The smallest absolute Gasteiger partial charge is 0.351 e. The first-order chi connectivity index (χ1) is 11.9. The van der Waals surface area contributed by atoms with Crippen molar-refractivity contribution in [3.8, 4) is 0 Å². The number of rotatable bonds is 3. The molecule has 0 aliphatic rings. The first-order valence-electron chi connectivity index (χ1n) is 7.42. The second-order valence-corrected chi connectivity index (χ2v) is 5.49. The van der Waals surface area contributed by atoms with E-state index in [9.17, 15) is 18.0 Å². The highest BCUT2D eigenvalue weighted by atomic mass is 19.4. The van der Waals surface area contributed by atoms with E-state index in [0.29, 0.717) is 11.3 Å². The number of carbonyl (C=O) groups is 1. The van der Waals surface area contributed by atoms with Gasteiger partial charge in [0.15, 0.2) is 0 Å². The van der Waals surface area contributed by atoms with Gasteiger partial charge in [0.25, 0.3) is 0 Å². The van der Waals surface area contributed by atoms with E-state index in [1.54, 1.807) is 30.6 Å². The highest BCUT2D eigenvalue weighted by molar-refractivity contribution is 6.02. The van der Waals surface area contributed by atoms with Gasteiger partial charge in [0, 0.05) is 23.2 Å². The number of amides is 2. The Morgan fingerprint density at radius 3 is 2.44 bits per heavy atom. The average molecular weight is 345 g/mol. The number of anilines is 1. The molecule has 0 aliphatic heterocycles. The zero-order valence-electron chi connectivity index (χ0n) is 13.0. The van der Waals surface area contributed by atoms with Gasteiger partial charge in [0.1, 0.15) is 0 Å². The van der Waals surface area contributed by atoms with Crippen molar-refractivity contribution in [2.45, 2.75) is 12.7 Å². The summed E-state index contributed by atoms with van der Waals surface area (Å²) < 4.78 is 38.0. The van der Waals surface area contributed by atoms with Crippen molar-refractivity contribution in [1.29, 1.82) is 0 Å². The number of urea groups is 1. The Bertz CT molecular complexity index is 902. The van der Waals surface area contributed by atoms with Crippen LogP contribution in [-0.4, -0.2) is 11.0 Å². The molecule has 3 aromatic rings. The van der Waals surface area contributed by atoms with Crippen molar-refractivity contribution in [2.24, 2.45) is 5.73 Å². The maximum atomic E-state index is 12.7. The molecule has 4 nitrogen and oxygen atoms in total. The third-order valence-electron chi connectivity index (χ3n) is 3.84. The number of pyridine rings is 1. The molecule has 0 fully saturated rings. The van der Waals surface area contributed by atoms with Crippen LogP contribution in [-0.2, 0) is 12.7 Å². The van der Waals surface area contributed by atoms with Gasteiger partial charge >= 0.3 is 12.2 Å². The van der Waals surface area contributed by atoms with E-state index in [1.807, 2.05) is 6.07 Å². The van der Waals surface area contributed by atoms with Gasteiger partial charge in [0.2, 0.25) is 0 Å². The van der Waals surface area contributed by atoms with Crippen molar-refractivity contribution in [2.75, 3.05) is 4.90 Å². The molecule has 2 aromatic carbocycles. The molecule has 0 unspecified atom stereocenters. The number of nitrogens with two attached hydrogens (primary N) is 1. The van der Waals surface area contributed by atoms with E-state index >= 15 is 0 Å². The molecule has 2 amide bonds. The van der Waals surface area contributed by atoms with Crippen molar-refractivity contribution >= 4 is 22.5 Å². The molecule has 0 spiro atoms. The largest absolute Gasteiger partial charge is 0.416 e. The summed E-state index contributed by atoms with van der Waals surface area (Å²) in [4.78, 5) is 17.3. The van der Waals surface area contributed by atoms with Crippen molar-refractivity contribution in [3.63, 3.8) is 0 Å². The van der Waals surface area contributed by atoms with Gasteiger partial charge in [-0.3, -0.25) is 9.88 Å². The summed E-state index contributed by atoms with van der Waals surface area (Å²) in [6, 6.07) is 11.1. The molecule has 0 aliphatic carbocycles. The maximum Gasteiger partial charge on any atom is 0.416 e. The van der Waals surface area contributed by atoms with Gasteiger partial charge in [-0.05, 0) is 29.8 Å².